The minimum absolute atomic E-state index is 0.0727. The number of carbonyl (C=O) groups is 1. The number of pyridine rings is 1. The topological polar surface area (TPSA) is 136 Å². The summed E-state index contributed by atoms with van der Waals surface area (Å²) in [6.07, 6.45) is -0.179. The van der Waals surface area contributed by atoms with E-state index in [4.69, 9.17) is 9.15 Å². The Labute approximate surface area is 246 Å². The molecular formula is C33H31N3O7. The number of benzene rings is 3. The lowest BCUT2D eigenvalue weighted by atomic mass is 9.86. The number of ether oxygens (including phenoxy) is 1. The summed E-state index contributed by atoms with van der Waals surface area (Å²) in [4.78, 5) is 47.5. The number of aromatic nitrogens is 1. The lowest BCUT2D eigenvalue weighted by molar-refractivity contribution is -0.133. The van der Waals surface area contributed by atoms with Gasteiger partial charge in [-0.2, -0.15) is 0 Å². The Morgan fingerprint density at radius 1 is 0.977 bits per heavy atom. The van der Waals surface area contributed by atoms with E-state index in [1.165, 1.54) is 13.2 Å². The third-order valence-electron chi connectivity index (χ3n) is 8.10. The Balaban J connectivity index is 1.59. The number of rotatable bonds is 6. The highest BCUT2D eigenvalue weighted by Crippen LogP contribution is 2.42. The van der Waals surface area contributed by atoms with Crippen LogP contribution in [0.15, 0.2) is 80.7 Å². The zero-order valence-corrected chi connectivity index (χ0v) is 23.8. The molecule has 0 aliphatic carbocycles. The lowest BCUT2D eigenvalue weighted by Gasteiger charge is -2.33. The van der Waals surface area contributed by atoms with Crippen molar-refractivity contribution in [3.05, 3.63) is 98.4 Å². The van der Waals surface area contributed by atoms with E-state index < -0.39 is 28.4 Å². The fourth-order valence-corrected chi connectivity index (χ4v) is 5.71. The molecule has 43 heavy (non-hydrogen) atoms. The van der Waals surface area contributed by atoms with Crippen LogP contribution in [0.25, 0.3) is 33.2 Å². The monoisotopic (exact) mass is 581 g/mol. The summed E-state index contributed by atoms with van der Waals surface area (Å²) in [6, 6.07) is 18.2. The van der Waals surface area contributed by atoms with Gasteiger partial charge in [0.2, 0.25) is 5.91 Å². The zero-order valence-electron chi connectivity index (χ0n) is 23.8. The highest BCUT2D eigenvalue weighted by Gasteiger charge is 2.32. The Hall–Kier alpha value is -5.09. The van der Waals surface area contributed by atoms with Crippen LogP contribution in [-0.4, -0.2) is 71.2 Å². The van der Waals surface area contributed by atoms with Gasteiger partial charge in [0, 0.05) is 73.4 Å². The minimum Gasteiger partial charge on any atom is -0.507 e. The third kappa shape index (κ3) is 5.32. The number of nitrogens with zero attached hydrogens (tertiary/aromatic N) is 2. The molecule has 0 spiro atoms. The first kappa shape index (κ1) is 28.0. The van der Waals surface area contributed by atoms with E-state index in [1.807, 2.05) is 13.1 Å². The van der Waals surface area contributed by atoms with Crippen molar-refractivity contribution in [1.29, 1.82) is 0 Å². The van der Waals surface area contributed by atoms with Gasteiger partial charge < -0.3 is 34.2 Å². The number of piperazine rings is 1. The first-order valence-electron chi connectivity index (χ1n) is 14.0. The summed E-state index contributed by atoms with van der Waals surface area (Å²) in [5.74, 6) is -1.31. The average molecular weight is 582 g/mol. The predicted octanol–water partition coefficient (Wildman–Crippen LogP) is 4.02. The van der Waals surface area contributed by atoms with Gasteiger partial charge in [-0.3, -0.25) is 14.4 Å². The Morgan fingerprint density at radius 3 is 2.44 bits per heavy atom. The second-order valence-electron chi connectivity index (χ2n) is 10.8. The average Bonchev–Trinajstić information content (AvgIpc) is 3.00. The van der Waals surface area contributed by atoms with Crippen LogP contribution in [0.2, 0.25) is 0 Å². The molecule has 1 aliphatic rings. The van der Waals surface area contributed by atoms with E-state index in [2.05, 4.69) is 9.88 Å². The maximum absolute atomic E-state index is 13.7. The molecule has 1 aliphatic heterocycles. The summed E-state index contributed by atoms with van der Waals surface area (Å²) >= 11 is 0. The number of fused-ring (bicyclic) bond motifs is 2. The van der Waals surface area contributed by atoms with E-state index in [0.717, 1.165) is 6.07 Å². The highest BCUT2D eigenvalue weighted by molar-refractivity contribution is 5.91. The molecular weight excluding hydrogens is 550 g/mol. The molecule has 220 valence electrons. The molecule has 10 nitrogen and oxygen atoms in total. The smallest absolute Gasteiger partial charge is 0.252 e. The number of likely N-dealkylation sites (N-methyl/N-ethyl adjacent to an activating group) is 1. The van der Waals surface area contributed by atoms with Crippen LogP contribution in [0.1, 0.15) is 23.5 Å². The van der Waals surface area contributed by atoms with Crippen LogP contribution in [0.3, 0.4) is 0 Å². The first-order chi connectivity index (χ1) is 20.7. The largest absolute Gasteiger partial charge is 0.507 e. The second kappa shape index (κ2) is 11.3. The van der Waals surface area contributed by atoms with E-state index in [-0.39, 0.29) is 40.2 Å². The van der Waals surface area contributed by atoms with Gasteiger partial charge >= 0.3 is 0 Å². The standard InChI is InChI=1S/C33H31N3O7/c1-35-10-12-36(13-11-35)29(40)16-22(23-14-20-8-9-21(42-2)15-24(20)34-33(23)41)30-25(37)17-26(38)31-27(39)18-28(43-32(30)31)19-6-4-3-5-7-19/h3-9,14-15,17-18,22,37-38H,10-13,16H2,1-2H3,(H,34,41). The van der Waals surface area contributed by atoms with Gasteiger partial charge in [-0.15, -0.1) is 0 Å². The fraction of sp³-hybridized carbons (Fsp3) is 0.242. The summed E-state index contributed by atoms with van der Waals surface area (Å²) < 4.78 is 11.5. The minimum atomic E-state index is -1.01. The van der Waals surface area contributed by atoms with Crippen LogP contribution >= 0.6 is 0 Å². The van der Waals surface area contributed by atoms with Crippen molar-refractivity contribution < 1.29 is 24.2 Å². The zero-order chi connectivity index (χ0) is 30.2. The van der Waals surface area contributed by atoms with Crippen molar-refractivity contribution in [2.45, 2.75) is 12.3 Å². The first-order valence-corrected chi connectivity index (χ1v) is 14.0. The predicted molar refractivity (Wildman–Crippen MR) is 163 cm³/mol. The molecule has 3 aromatic carbocycles. The van der Waals surface area contributed by atoms with E-state index in [9.17, 15) is 24.6 Å². The molecule has 0 bridgehead atoms. The van der Waals surface area contributed by atoms with Gasteiger partial charge in [-0.05, 0) is 30.6 Å². The lowest BCUT2D eigenvalue weighted by Crippen LogP contribution is -2.47. The van der Waals surface area contributed by atoms with Crippen LogP contribution in [0, 0.1) is 0 Å². The third-order valence-corrected chi connectivity index (χ3v) is 8.10. The molecule has 3 N–H and O–H groups in total. The molecule has 5 aromatic rings. The van der Waals surface area contributed by atoms with Gasteiger partial charge in [-0.25, -0.2) is 0 Å². The Kier molecular flexibility index (Phi) is 7.37. The number of hydrogen-bond donors (Lipinski definition) is 3. The molecule has 10 heteroatoms. The number of H-pyrrole nitrogens is 1. The van der Waals surface area contributed by atoms with Gasteiger partial charge in [0.1, 0.15) is 34.0 Å². The summed E-state index contributed by atoms with van der Waals surface area (Å²) in [5, 5.41) is 22.6. The van der Waals surface area contributed by atoms with Crippen LogP contribution in [0.5, 0.6) is 17.2 Å². The molecule has 1 saturated heterocycles. The normalized spacial score (nSPS) is 14.7. The molecule has 6 rings (SSSR count). The number of nitrogens with one attached hydrogen (secondary N) is 1. The van der Waals surface area contributed by atoms with Crippen molar-refractivity contribution in [3.8, 4) is 28.6 Å². The van der Waals surface area contributed by atoms with Crippen molar-refractivity contribution in [2.75, 3.05) is 40.3 Å². The van der Waals surface area contributed by atoms with E-state index in [1.54, 1.807) is 53.4 Å². The number of phenols is 2. The van der Waals surface area contributed by atoms with Crippen LogP contribution in [-0.2, 0) is 4.79 Å². The van der Waals surface area contributed by atoms with E-state index in [0.29, 0.717) is 48.4 Å². The van der Waals surface area contributed by atoms with Gasteiger partial charge in [0.15, 0.2) is 5.43 Å². The maximum Gasteiger partial charge on any atom is 0.252 e. The fourth-order valence-electron chi connectivity index (χ4n) is 5.71. The number of amides is 1. The molecule has 1 unspecified atom stereocenters. The highest BCUT2D eigenvalue weighted by atomic mass is 16.5. The van der Waals surface area contributed by atoms with E-state index >= 15 is 0 Å². The molecule has 1 atom stereocenters. The van der Waals surface area contributed by atoms with Gasteiger partial charge in [0.05, 0.1) is 12.6 Å². The van der Waals surface area contributed by atoms with Crippen LogP contribution < -0.4 is 15.7 Å². The van der Waals surface area contributed by atoms with Crippen molar-refractivity contribution >= 4 is 27.8 Å². The Morgan fingerprint density at radius 2 is 1.72 bits per heavy atom. The quantitative estimate of drug-likeness (QED) is 0.274. The summed E-state index contributed by atoms with van der Waals surface area (Å²) in [5.41, 5.74) is 0.336. The number of phenolic OH excluding ortho intramolecular Hbond substituents is 2. The second-order valence-corrected chi connectivity index (χ2v) is 10.8. The Bertz CT molecular complexity index is 1960. The summed E-state index contributed by atoms with van der Waals surface area (Å²) in [7, 11) is 3.52. The number of aromatic amines is 1. The number of aromatic hydroxyl groups is 2. The number of methoxy groups -OCH3 is 1. The molecule has 1 fully saturated rings. The molecule has 2 aromatic heterocycles. The van der Waals surface area contributed by atoms with Crippen molar-refractivity contribution in [2.24, 2.45) is 0 Å². The summed E-state index contributed by atoms with van der Waals surface area (Å²) in [6.45, 7) is 2.45. The van der Waals surface area contributed by atoms with Crippen LogP contribution in [0.4, 0.5) is 0 Å². The van der Waals surface area contributed by atoms with Crippen molar-refractivity contribution in [3.63, 3.8) is 0 Å². The SMILES string of the molecule is COc1ccc2cc(C(CC(=O)N3CCN(C)CC3)c3c(O)cc(O)c4c(=O)cc(-c5ccccc5)oc34)c(=O)[nH]c2c1. The maximum atomic E-state index is 13.7. The number of hydrogen-bond acceptors (Lipinski definition) is 8. The molecule has 0 radical (unpaired) electrons. The van der Waals surface area contributed by atoms with Crippen molar-refractivity contribution in [1.82, 2.24) is 14.8 Å². The molecule has 3 heterocycles. The van der Waals surface area contributed by atoms with Gasteiger partial charge in [-0.1, -0.05) is 30.3 Å². The molecule has 0 saturated carbocycles. The number of carbonyl (C=O) groups excluding carboxylic acids is 1. The van der Waals surface area contributed by atoms with Gasteiger partial charge in [0.25, 0.3) is 5.56 Å². The molecule has 1 amide bonds.